The Morgan fingerprint density at radius 1 is 1.52 bits per heavy atom. The Morgan fingerprint density at radius 3 is 3.00 bits per heavy atom. The van der Waals surface area contributed by atoms with E-state index in [9.17, 15) is 4.79 Å². The van der Waals surface area contributed by atoms with E-state index in [1.165, 1.54) is 18.0 Å². The summed E-state index contributed by atoms with van der Waals surface area (Å²) in [6.45, 7) is 5.93. The second-order valence-electron chi connectivity index (χ2n) is 5.60. The summed E-state index contributed by atoms with van der Waals surface area (Å²) in [4.78, 5) is 26.8. The molecular weight excluding hydrogens is 354 g/mol. The van der Waals surface area contributed by atoms with Crippen LogP contribution in [-0.4, -0.2) is 21.0 Å². The Morgan fingerprint density at radius 2 is 2.32 bits per heavy atom. The first kappa shape index (κ1) is 17.2. The number of carbonyl (C=O) groups is 1. The van der Waals surface area contributed by atoms with Crippen molar-refractivity contribution in [3.05, 3.63) is 51.6 Å². The molecule has 1 aliphatic heterocycles. The molecule has 1 aliphatic rings. The van der Waals surface area contributed by atoms with Crippen molar-refractivity contribution in [1.82, 2.24) is 9.97 Å². The molecule has 3 heterocycles. The molecule has 0 spiro atoms. The average Bonchev–Trinajstić information content (AvgIpc) is 3.03. The molecule has 3 N–H and O–H groups in total. The first-order chi connectivity index (χ1) is 11.9. The van der Waals surface area contributed by atoms with Gasteiger partial charge in [0, 0.05) is 18.3 Å². The molecule has 0 aromatic carbocycles. The van der Waals surface area contributed by atoms with E-state index in [0.717, 1.165) is 16.2 Å². The van der Waals surface area contributed by atoms with Crippen molar-refractivity contribution in [2.24, 2.45) is 10.7 Å². The Bertz CT molecular complexity index is 927. The van der Waals surface area contributed by atoms with E-state index in [0.29, 0.717) is 32.9 Å². The molecule has 0 saturated carbocycles. The van der Waals surface area contributed by atoms with Crippen LogP contribution in [0, 0.1) is 12.3 Å². The third-order valence-electron chi connectivity index (χ3n) is 3.56. The number of rotatable bonds is 3. The highest BCUT2D eigenvalue weighted by atomic mass is 32.2. The fourth-order valence-electron chi connectivity index (χ4n) is 2.45. The van der Waals surface area contributed by atoms with Crippen molar-refractivity contribution in [3.8, 4) is 12.3 Å². The maximum absolute atomic E-state index is 12.3. The van der Waals surface area contributed by atoms with Crippen LogP contribution in [-0.2, 0) is 5.54 Å². The summed E-state index contributed by atoms with van der Waals surface area (Å²) in [5.74, 6) is 2.14. The highest BCUT2D eigenvalue weighted by Crippen LogP contribution is 2.39. The minimum atomic E-state index is -0.606. The molecule has 0 saturated heterocycles. The molecule has 2 aromatic heterocycles. The van der Waals surface area contributed by atoms with Gasteiger partial charge in [0.05, 0.1) is 16.8 Å². The van der Waals surface area contributed by atoms with Crippen molar-refractivity contribution in [2.45, 2.75) is 18.9 Å². The predicted molar refractivity (Wildman–Crippen MR) is 103 cm³/mol. The number of anilines is 1. The molecule has 1 atom stereocenters. The van der Waals surface area contributed by atoms with Crippen LogP contribution in [0.3, 0.4) is 0 Å². The van der Waals surface area contributed by atoms with Crippen LogP contribution in [0.1, 0.15) is 33.7 Å². The number of amides is 1. The van der Waals surface area contributed by atoms with Crippen molar-refractivity contribution in [1.29, 1.82) is 0 Å². The molecule has 25 heavy (non-hydrogen) atoms. The molecule has 6 nitrogen and oxygen atoms in total. The zero-order valence-corrected chi connectivity index (χ0v) is 15.1. The van der Waals surface area contributed by atoms with Gasteiger partial charge in [-0.3, -0.25) is 9.78 Å². The normalized spacial score (nSPS) is 19.8. The zero-order chi connectivity index (χ0) is 18.0. The number of nitrogens with zero attached hydrogens (tertiary/aromatic N) is 3. The van der Waals surface area contributed by atoms with Gasteiger partial charge in [-0.2, -0.15) is 0 Å². The third kappa shape index (κ3) is 3.73. The van der Waals surface area contributed by atoms with Gasteiger partial charge in [-0.15, -0.1) is 17.8 Å². The summed E-state index contributed by atoms with van der Waals surface area (Å²) in [6, 6.07) is 3.49. The summed E-state index contributed by atoms with van der Waals surface area (Å²) in [6.07, 6.45) is 9.06. The number of hydrogen-bond acceptors (Lipinski definition) is 7. The fourth-order valence-corrected chi connectivity index (χ4v) is 3.97. The molecule has 0 bridgehead atoms. The van der Waals surface area contributed by atoms with Crippen LogP contribution in [0.5, 0.6) is 0 Å². The minimum Gasteiger partial charge on any atom is -0.378 e. The number of thiazole rings is 1. The summed E-state index contributed by atoms with van der Waals surface area (Å²) in [5, 5.41) is 3.57. The maximum atomic E-state index is 12.3. The lowest BCUT2D eigenvalue weighted by Crippen LogP contribution is -2.28. The highest BCUT2D eigenvalue weighted by molar-refractivity contribution is 8.17. The number of nitrogens with one attached hydrogen (secondary N) is 1. The first-order valence-electron chi connectivity index (χ1n) is 7.31. The van der Waals surface area contributed by atoms with Crippen LogP contribution in [0.15, 0.2) is 41.0 Å². The molecule has 0 aliphatic carbocycles. The molecule has 0 unspecified atom stereocenters. The fraction of sp³-hybridized carbons (Fsp3) is 0.176. The number of thioether (sulfide) groups is 1. The molecule has 126 valence electrons. The van der Waals surface area contributed by atoms with Crippen LogP contribution in [0.2, 0.25) is 0 Å². The Hall–Kier alpha value is -2.63. The number of nitrogens with two attached hydrogens (primary N) is 1. The molecule has 8 heteroatoms. The van der Waals surface area contributed by atoms with Crippen molar-refractivity contribution >= 4 is 39.9 Å². The topological polar surface area (TPSA) is 93.3 Å². The van der Waals surface area contributed by atoms with Gasteiger partial charge in [-0.25, -0.2) is 9.98 Å². The number of amidine groups is 1. The van der Waals surface area contributed by atoms with E-state index in [1.54, 1.807) is 18.3 Å². The zero-order valence-electron chi connectivity index (χ0n) is 13.4. The largest absolute Gasteiger partial charge is 0.378 e. The summed E-state index contributed by atoms with van der Waals surface area (Å²) in [7, 11) is 0. The number of aromatic nitrogens is 2. The van der Waals surface area contributed by atoms with Gasteiger partial charge in [0.25, 0.3) is 5.91 Å². The number of hydrogen-bond donors (Lipinski definition) is 2. The van der Waals surface area contributed by atoms with Crippen molar-refractivity contribution < 1.29 is 4.79 Å². The summed E-state index contributed by atoms with van der Waals surface area (Å²) < 4.78 is 0. The third-order valence-corrected chi connectivity index (χ3v) is 5.22. The number of pyridine rings is 1. The first-order valence-corrected chi connectivity index (χ1v) is 8.94. The lowest BCUT2D eigenvalue weighted by Gasteiger charge is -2.30. The van der Waals surface area contributed by atoms with E-state index in [1.807, 2.05) is 6.92 Å². The average molecular weight is 369 g/mol. The van der Waals surface area contributed by atoms with Crippen molar-refractivity contribution in [2.75, 3.05) is 5.32 Å². The molecule has 0 radical (unpaired) electrons. The van der Waals surface area contributed by atoms with Gasteiger partial charge in [-0.1, -0.05) is 24.3 Å². The number of carbonyl (C=O) groups excluding carboxylic acids is 1. The number of terminal acetylenes is 1. The standard InChI is InChI=1S/C17H15N5OS2/c1-4-12-9-20-15(25-12)14(23)21-11-5-6-19-13(7-11)17(3)8-10(2)24-16(18)22-17/h1,5-7,9H,2,8H2,3H3,(H2,18,22)(H,19,21,23)/t17-/m0/s1. The molecular formula is C17H15N5OS2. The van der Waals surface area contributed by atoms with Gasteiger partial charge < -0.3 is 11.1 Å². The highest BCUT2D eigenvalue weighted by Gasteiger charge is 2.33. The van der Waals surface area contributed by atoms with Gasteiger partial charge in [0.2, 0.25) is 0 Å². The van der Waals surface area contributed by atoms with E-state index in [-0.39, 0.29) is 5.91 Å². The second-order valence-corrected chi connectivity index (χ2v) is 7.83. The summed E-state index contributed by atoms with van der Waals surface area (Å²) >= 11 is 2.53. The Kier molecular flexibility index (Phi) is 4.61. The van der Waals surface area contributed by atoms with Gasteiger partial charge in [0.1, 0.15) is 5.54 Å². The maximum Gasteiger partial charge on any atom is 0.284 e. The predicted octanol–water partition coefficient (Wildman–Crippen LogP) is 2.95. The quantitative estimate of drug-likeness (QED) is 0.812. The van der Waals surface area contributed by atoms with E-state index >= 15 is 0 Å². The lowest BCUT2D eigenvalue weighted by atomic mass is 9.93. The second kappa shape index (κ2) is 6.70. The lowest BCUT2D eigenvalue weighted by molar-refractivity contribution is 0.102. The van der Waals surface area contributed by atoms with Gasteiger partial charge >= 0.3 is 0 Å². The smallest absolute Gasteiger partial charge is 0.284 e. The molecule has 2 aromatic rings. The summed E-state index contributed by atoms with van der Waals surface area (Å²) in [5.41, 5.74) is 6.58. The SMILES string of the molecule is C#Cc1cnc(C(=O)Nc2ccnc([C@]3(C)CC(=C)SC(N)=N3)c2)s1. The molecule has 3 rings (SSSR count). The van der Waals surface area contributed by atoms with Crippen LogP contribution >= 0.6 is 23.1 Å². The van der Waals surface area contributed by atoms with Gasteiger partial charge in [-0.05, 0) is 24.0 Å². The molecule has 0 fully saturated rings. The van der Waals surface area contributed by atoms with Gasteiger partial charge in [0.15, 0.2) is 10.2 Å². The van der Waals surface area contributed by atoms with Crippen LogP contribution < -0.4 is 11.1 Å². The van der Waals surface area contributed by atoms with Crippen molar-refractivity contribution in [3.63, 3.8) is 0 Å². The Labute approximate surface area is 153 Å². The number of aliphatic imine (C=N–C) groups is 1. The van der Waals surface area contributed by atoms with Crippen LogP contribution in [0.4, 0.5) is 5.69 Å². The Balaban J connectivity index is 1.84. The van der Waals surface area contributed by atoms with Crippen LogP contribution in [0.25, 0.3) is 0 Å². The monoisotopic (exact) mass is 369 g/mol. The van der Waals surface area contributed by atoms with E-state index in [4.69, 9.17) is 12.2 Å². The van der Waals surface area contributed by atoms with E-state index < -0.39 is 5.54 Å². The minimum absolute atomic E-state index is 0.308. The molecule has 1 amide bonds. The van der Waals surface area contributed by atoms with E-state index in [2.05, 4.69) is 32.8 Å².